The van der Waals surface area contributed by atoms with Crippen molar-refractivity contribution in [1.29, 1.82) is 0 Å². The first-order chi connectivity index (χ1) is 14.8. The molecule has 0 unspecified atom stereocenters. The average molecular weight is 502 g/mol. The number of carbonyl (C=O) groups is 2. The average Bonchev–Trinajstić information content (AvgIpc) is 3.10. The van der Waals surface area contributed by atoms with Crippen LogP contribution in [0.5, 0.6) is 0 Å². The number of hydrogen-bond acceptors (Lipinski definition) is 5. The highest BCUT2D eigenvalue weighted by molar-refractivity contribution is 9.10. The quantitative estimate of drug-likeness (QED) is 0.447. The van der Waals surface area contributed by atoms with Crippen LogP contribution < -0.4 is 10.6 Å². The Bertz CT molecular complexity index is 1070. The lowest BCUT2D eigenvalue weighted by Gasteiger charge is -2.09. The van der Waals surface area contributed by atoms with Crippen molar-refractivity contribution in [2.24, 2.45) is 7.05 Å². The minimum Gasteiger partial charge on any atom is -0.345 e. The first-order valence-corrected chi connectivity index (χ1v) is 11.6. The SMILES string of the molecule is CC(C)c1ccc(NC(=O)CSc2nnc(CNC(=O)c3ccccc3Br)n2C)cc1. The molecular formula is C22H24BrN5O2S. The van der Waals surface area contributed by atoms with Crippen molar-refractivity contribution in [2.45, 2.75) is 31.5 Å². The minimum atomic E-state index is -0.201. The maximum Gasteiger partial charge on any atom is 0.252 e. The van der Waals surface area contributed by atoms with E-state index in [2.05, 4.69) is 50.6 Å². The van der Waals surface area contributed by atoms with E-state index in [-0.39, 0.29) is 24.1 Å². The van der Waals surface area contributed by atoms with E-state index in [0.29, 0.717) is 22.5 Å². The van der Waals surface area contributed by atoms with E-state index in [1.165, 1.54) is 17.3 Å². The van der Waals surface area contributed by atoms with Gasteiger partial charge in [-0.25, -0.2) is 0 Å². The number of nitrogens with one attached hydrogen (secondary N) is 2. The van der Waals surface area contributed by atoms with Gasteiger partial charge in [-0.05, 0) is 51.7 Å². The van der Waals surface area contributed by atoms with Gasteiger partial charge in [0.15, 0.2) is 11.0 Å². The molecule has 162 valence electrons. The molecule has 2 aromatic carbocycles. The van der Waals surface area contributed by atoms with Crippen molar-refractivity contribution in [2.75, 3.05) is 11.1 Å². The van der Waals surface area contributed by atoms with Crippen LogP contribution in [-0.2, 0) is 18.4 Å². The van der Waals surface area contributed by atoms with Crippen LogP contribution >= 0.6 is 27.7 Å². The van der Waals surface area contributed by atoms with E-state index >= 15 is 0 Å². The summed E-state index contributed by atoms with van der Waals surface area (Å²) < 4.78 is 2.50. The number of nitrogens with zero attached hydrogens (tertiary/aromatic N) is 3. The van der Waals surface area contributed by atoms with Crippen LogP contribution in [-0.4, -0.2) is 32.3 Å². The van der Waals surface area contributed by atoms with Crippen molar-refractivity contribution in [3.05, 3.63) is 70.0 Å². The van der Waals surface area contributed by atoms with Crippen molar-refractivity contribution in [3.63, 3.8) is 0 Å². The molecule has 0 atom stereocenters. The zero-order valence-corrected chi connectivity index (χ0v) is 20.0. The summed E-state index contributed by atoms with van der Waals surface area (Å²) in [6, 6.07) is 15.1. The smallest absolute Gasteiger partial charge is 0.252 e. The van der Waals surface area contributed by atoms with Crippen molar-refractivity contribution in [1.82, 2.24) is 20.1 Å². The molecule has 0 saturated carbocycles. The van der Waals surface area contributed by atoms with Gasteiger partial charge in [0.25, 0.3) is 5.91 Å². The Kier molecular flexibility index (Phi) is 7.86. The van der Waals surface area contributed by atoms with E-state index in [4.69, 9.17) is 0 Å². The highest BCUT2D eigenvalue weighted by atomic mass is 79.9. The van der Waals surface area contributed by atoms with Crippen LogP contribution in [0.4, 0.5) is 5.69 Å². The number of aromatic nitrogens is 3. The normalized spacial score (nSPS) is 10.9. The Morgan fingerprint density at radius 1 is 1.10 bits per heavy atom. The monoisotopic (exact) mass is 501 g/mol. The molecule has 31 heavy (non-hydrogen) atoms. The van der Waals surface area contributed by atoms with Gasteiger partial charge >= 0.3 is 0 Å². The maximum atomic E-state index is 12.3. The van der Waals surface area contributed by atoms with Gasteiger partial charge in [-0.15, -0.1) is 10.2 Å². The second-order valence-corrected chi connectivity index (χ2v) is 9.03. The van der Waals surface area contributed by atoms with Crippen molar-refractivity contribution in [3.8, 4) is 0 Å². The van der Waals surface area contributed by atoms with Gasteiger partial charge in [0, 0.05) is 17.2 Å². The van der Waals surface area contributed by atoms with Gasteiger partial charge in [-0.3, -0.25) is 9.59 Å². The summed E-state index contributed by atoms with van der Waals surface area (Å²) in [5.41, 5.74) is 2.55. The molecule has 1 aromatic heterocycles. The van der Waals surface area contributed by atoms with Crippen LogP contribution in [0.15, 0.2) is 58.2 Å². The van der Waals surface area contributed by atoms with Crippen LogP contribution in [0, 0.1) is 0 Å². The zero-order valence-electron chi connectivity index (χ0n) is 17.6. The van der Waals surface area contributed by atoms with E-state index in [1.807, 2.05) is 43.4 Å². The lowest BCUT2D eigenvalue weighted by atomic mass is 10.0. The van der Waals surface area contributed by atoms with Crippen LogP contribution in [0.25, 0.3) is 0 Å². The standard InChI is InChI=1S/C22H24BrN5O2S/c1-14(2)15-8-10-16(11-9-15)25-20(29)13-31-22-27-26-19(28(22)3)12-24-21(30)17-6-4-5-7-18(17)23/h4-11,14H,12-13H2,1-3H3,(H,24,30)(H,25,29). The molecule has 0 aliphatic heterocycles. The zero-order chi connectivity index (χ0) is 22.4. The van der Waals surface area contributed by atoms with Gasteiger partial charge in [0.05, 0.1) is 17.9 Å². The third-order valence-corrected chi connectivity index (χ3v) is 6.36. The number of amides is 2. The van der Waals surface area contributed by atoms with Gasteiger partial charge in [-0.2, -0.15) is 0 Å². The molecule has 0 aliphatic carbocycles. The Labute approximate surface area is 194 Å². The molecule has 0 radical (unpaired) electrons. The summed E-state index contributed by atoms with van der Waals surface area (Å²) >= 11 is 4.67. The second-order valence-electron chi connectivity index (χ2n) is 7.23. The predicted octanol–water partition coefficient (Wildman–Crippen LogP) is 4.36. The molecule has 0 spiro atoms. The number of thioether (sulfide) groups is 1. The van der Waals surface area contributed by atoms with Crippen molar-refractivity contribution >= 4 is 45.2 Å². The fraction of sp³-hybridized carbons (Fsp3) is 0.273. The predicted molar refractivity (Wildman–Crippen MR) is 126 cm³/mol. The maximum absolute atomic E-state index is 12.3. The molecule has 0 aliphatic rings. The Morgan fingerprint density at radius 3 is 2.48 bits per heavy atom. The summed E-state index contributed by atoms with van der Waals surface area (Å²) in [6.45, 7) is 4.50. The summed E-state index contributed by atoms with van der Waals surface area (Å²) in [5.74, 6) is 0.944. The lowest BCUT2D eigenvalue weighted by Crippen LogP contribution is -2.24. The summed E-state index contributed by atoms with van der Waals surface area (Å²) in [5, 5.41) is 14.6. The fourth-order valence-electron chi connectivity index (χ4n) is 2.80. The van der Waals surface area contributed by atoms with E-state index in [0.717, 1.165) is 10.2 Å². The van der Waals surface area contributed by atoms with Crippen LogP contribution in [0.2, 0.25) is 0 Å². The number of benzene rings is 2. The fourth-order valence-corrected chi connectivity index (χ4v) is 4.00. The third-order valence-electron chi connectivity index (χ3n) is 4.64. The van der Waals surface area contributed by atoms with E-state index < -0.39 is 0 Å². The van der Waals surface area contributed by atoms with Crippen LogP contribution in [0.1, 0.15) is 41.5 Å². The topological polar surface area (TPSA) is 88.9 Å². The first-order valence-electron chi connectivity index (χ1n) is 9.78. The molecule has 0 bridgehead atoms. The molecule has 7 nitrogen and oxygen atoms in total. The lowest BCUT2D eigenvalue weighted by molar-refractivity contribution is -0.113. The summed E-state index contributed by atoms with van der Waals surface area (Å²) in [4.78, 5) is 24.6. The molecule has 0 saturated heterocycles. The third kappa shape index (κ3) is 6.18. The van der Waals surface area contributed by atoms with Crippen molar-refractivity contribution < 1.29 is 9.59 Å². The molecule has 3 aromatic rings. The first kappa shape index (κ1) is 23.0. The molecule has 3 rings (SSSR count). The number of anilines is 1. The Hall–Kier alpha value is -2.65. The highest BCUT2D eigenvalue weighted by Crippen LogP contribution is 2.19. The van der Waals surface area contributed by atoms with Gasteiger partial charge in [0.2, 0.25) is 5.91 Å². The summed E-state index contributed by atoms with van der Waals surface area (Å²) in [7, 11) is 1.81. The largest absolute Gasteiger partial charge is 0.345 e. The van der Waals surface area contributed by atoms with Crippen LogP contribution in [0.3, 0.4) is 0 Å². The summed E-state index contributed by atoms with van der Waals surface area (Å²) in [6.07, 6.45) is 0. The van der Waals surface area contributed by atoms with E-state index in [9.17, 15) is 9.59 Å². The molecule has 1 heterocycles. The molecule has 0 fully saturated rings. The number of carbonyl (C=O) groups excluding carboxylic acids is 2. The highest BCUT2D eigenvalue weighted by Gasteiger charge is 2.14. The molecule has 9 heteroatoms. The van der Waals surface area contributed by atoms with Gasteiger partial charge < -0.3 is 15.2 Å². The van der Waals surface area contributed by atoms with Gasteiger partial charge in [0.1, 0.15) is 0 Å². The van der Waals surface area contributed by atoms with E-state index in [1.54, 1.807) is 16.7 Å². The minimum absolute atomic E-state index is 0.117. The Balaban J connectivity index is 1.51. The van der Waals surface area contributed by atoms with Gasteiger partial charge in [-0.1, -0.05) is 49.9 Å². The second kappa shape index (κ2) is 10.6. The molecular weight excluding hydrogens is 478 g/mol. The number of hydrogen-bond donors (Lipinski definition) is 2. The number of halogens is 1. The Morgan fingerprint density at radius 2 is 1.81 bits per heavy atom. The molecule has 2 amide bonds. The molecule has 2 N–H and O–H groups in total. The number of rotatable bonds is 8.